The van der Waals surface area contributed by atoms with Gasteiger partial charge < -0.3 is 14.8 Å². The number of halogens is 3. The Morgan fingerprint density at radius 1 is 1.33 bits per heavy atom. The van der Waals surface area contributed by atoms with E-state index in [0.717, 1.165) is 0 Å². The molecule has 13 heteroatoms. The number of anilines is 1. The molecule has 0 amide bonds. The lowest BCUT2D eigenvalue weighted by atomic mass is 10.0. The second-order valence-electron chi connectivity index (χ2n) is 8.86. The molecular weight excluding hydrogens is 477 g/mol. The third-order valence-electron chi connectivity index (χ3n) is 6.69. The molecule has 2 fully saturated rings. The highest BCUT2D eigenvalue weighted by Gasteiger charge is 2.36. The van der Waals surface area contributed by atoms with Gasteiger partial charge in [0, 0.05) is 13.1 Å². The zero-order chi connectivity index (χ0) is 25.7. The van der Waals surface area contributed by atoms with Gasteiger partial charge in [-0.3, -0.25) is 4.90 Å². The zero-order valence-electron chi connectivity index (χ0n) is 20.5. The van der Waals surface area contributed by atoms with E-state index < -0.39 is 30.7 Å². The minimum absolute atomic E-state index is 0.0332. The summed E-state index contributed by atoms with van der Waals surface area (Å²) in [6, 6.07) is 3.62. The molecule has 36 heavy (non-hydrogen) atoms. The number of rotatable bonds is 7. The molecule has 1 aromatic carbocycles. The SMILES string of the molecule is [2H]C1(N2CC[C@H](Nc3nc(OC)c4c(-c5ccc6nnn(CCF)c6c5)c(F)cn4n3)[C@H](F)C2)COC1. The van der Waals surface area contributed by atoms with Crippen molar-refractivity contribution in [2.24, 2.45) is 0 Å². The van der Waals surface area contributed by atoms with Crippen molar-refractivity contribution in [1.82, 2.24) is 34.5 Å². The van der Waals surface area contributed by atoms with Crippen LogP contribution in [0, 0.1) is 5.82 Å². The van der Waals surface area contributed by atoms with Crippen LogP contribution in [0.1, 0.15) is 7.79 Å². The van der Waals surface area contributed by atoms with E-state index >= 15 is 8.78 Å². The number of aromatic nitrogens is 6. The summed E-state index contributed by atoms with van der Waals surface area (Å²) in [5.74, 6) is -0.356. The lowest BCUT2D eigenvalue weighted by Crippen LogP contribution is -2.57. The minimum Gasteiger partial charge on any atom is -0.479 e. The van der Waals surface area contributed by atoms with E-state index in [2.05, 4.69) is 25.7 Å². The molecule has 5 heterocycles. The van der Waals surface area contributed by atoms with E-state index in [9.17, 15) is 4.39 Å². The average molecular weight is 504 g/mol. The molecule has 3 aromatic heterocycles. The summed E-state index contributed by atoms with van der Waals surface area (Å²) in [6.07, 6.45) is 0.391. The van der Waals surface area contributed by atoms with Crippen LogP contribution in [0.15, 0.2) is 24.4 Å². The molecule has 190 valence electrons. The number of benzene rings is 1. The number of methoxy groups -OCH3 is 1. The molecule has 0 aliphatic carbocycles. The molecule has 2 aliphatic rings. The zero-order valence-corrected chi connectivity index (χ0v) is 19.5. The molecule has 4 aromatic rings. The van der Waals surface area contributed by atoms with Crippen molar-refractivity contribution in [2.45, 2.75) is 31.2 Å². The smallest absolute Gasteiger partial charge is 0.244 e. The Labute approximate surface area is 205 Å². The number of nitrogens with zero attached hydrogens (tertiary/aromatic N) is 7. The van der Waals surface area contributed by atoms with Crippen LogP contribution in [0.25, 0.3) is 27.7 Å². The summed E-state index contributed by atoms with van der Waals surface area (Å²) in [6.45, 7) is 0.605. The largest absolute Gasteiger partial charge is 0.479 e. The van der Waals surface area contributed by atoms with E-state index in [1.165, 1.54) is 22.5 Å². The van der Waals surface area contributed by atoms with Gasteiger partial charge in [0.05, 0.1) is 57.6 Å². The fourth-order valence-corrected chi connectivity index (χ4v) is 4.76. The summed E-state index contributed by atoms with van der Waals surface area (Å²) in [4.78, 5) is 6.19. The second-order valence-corrected chi connectivity index (χ2v) is 8.86. The van der Waals surface area contributed by atoms with Gasteiger partial charge >= 0.3 is 0 Å². The molecular formula is C23H25F3N8O2. The molecule has 2 saturated heterocycles. The van der Waals surface area contributed by atoms with Crippen molar-refractivity contribution in [2.75, 3.05) is 45.4 Å². The maximum absolute atomic E-state index is 15.3. The molecule has 0 bridgehead atoms. The van der Waals surface area contributed by atoms with Crippen LogP contribution < -0.4 is 10.1 Å². The predicted molar refractivity (Wildman–Crippen MR) is 125 cm³/mol. The predicted octanol–water partition coefficient (Wildman–Crippen LogP) is 2.48. The van der Waals surface area contributed by atoms with Crippen LogP contribution in [0.3, 0.4) is 0 Å². The second kappa shape index (κ2) is 9.21. The van der Waals surface area contributed by atoms with Crippen LogP contribution in [-0.4, -0.2) is 92.8 Å². The number of aryl methyl sites for hydroxylation is 1. The number of likely N-dealkylation sites (tertiary alicyclic amines) is 1. The van der Waals surface area contributed by atoms with Crippen molar-refractivity contribution in [3.05, 3.63) is 30.2 Å². The van der Waals surface area contributed by atoms with Gasteiger partial charge in [-0.25, -0.2) is 22.4 Å². The third-order valence-corrected chi connectivity index (χ3v) is 6.69. The van der Waals surface area contributed by atoms with Gasteiger partial charge in [0.15, 0.2) is 5.82 Å². The Bertz CT molecular complexity index is 1460. The van der Waals surface area contributed by atoms with Crippen LogP contribution in [0.4, 0.5) is 19.1 Å². The lowest BCUT2D eigenvalue weighted by Gasteiger charge is -2.42. The van der Waals surface area contributed by atoms with Gasteiger partial charge in [0.25, 0.3) is 0 Å². The van der Waals surface area contributed by atoms with Gasteiger partial charge in [-0.1, -0.05) is 11.3 Å². The van der Waals surface area contributed by atoms with Crippen LogP contribution in [0.2, 0.25) is 0 Å². The number of alkyl halides is 2. The van der Waals surface area contributed by atoms with Crippen LogP contribution >= 0.6 is 0 Å². The van der Waals surface area contributed by atoms with E-state index in [1.807, 2.05) is 0 Å². The molecule has 10 nitrogen and oxygen atoms in total. The summed E-state index contributed by atoms with van der Waals surface area (Å²) in [7, 11) is 1.41. The molecule has 6 rings (SSSR count). The fraction of sp³-hybridized carbons (Fsp3) is 0.478. The number of hydrogen-bond donors (Lipinski definition) is 1. The fourth-order valence-electron chi connectivity index (χ4n) is 4.76. The van der Waals surface area contributed by atoms with Crippen molar-refractivity contribution < 1.29 is 24.0 Å². The van der Waals surface area contributed by atoms with Gasteiger partial charge in [-0.2, -0.15) is 4.98 Å². The molecule has 0 saturated carbocycles. The Morgan fingerprint density at radius 2 is 2.19 bits per heavy atom. The normalized spacial score (nSPS) is 22.5. The van der Waals surface area contributed by atoms with E-state index in [4.69, 9.17) is 10.8 Å². The minimum atomic E-state index is -1.26. The van der Waals surface area contributed by atoms with Crippen molar-refractivity contribution in [3.63, 3.8) is 0 Å². The Hall–Kier alpha value is -3.45. The Morgan fingerprint density at radius 3 is 2.92 bits per heavy atom. The van der Waals surface area contributed by atoms with Crippen molar-refractivity contribution in [3.8, 4) is 17.0 Å². The average Bonchev–Trinajstić information content (AvgIpc) is 3.43. The first-order valence-corrected chi connectivity index (χ1v) is 11.7. The van der Waals surface area contributed by atoms with Gasteiger partial charge in [-0.15, -0.1) is 10.2 Å². The van der Waals surface area contributed by atoms with Crippen LogP contribution in [0.5, 0.6) is 5.88 Å². The van der Waals surface area contributed by atoms with Crippen LogP contribution in [-0.2, 0) is 11.3 Å². The monoisotopic (exact) mass is 503 g/mol. The first-order valence-electron chi connectivity index (χ1n) is 12.2. The highest BCUT2D eigenvalue weighted by atomic mass is 19.1. The molecule has 0 unspecified atom stereocenters. The maximum Gasteiger partial charge on any atom is 0.244 e. The van der Waals surface area contributed by atoms with E-state index in [0.29, 0.717) is 35.1 Å². The summed E-state index contributed by atoms with van der Waals surface area (Å²) < 4.78 is 64.9. The number of fused-ring (bicyclic) bond motifs is 2. The lowest BCUT2D eigenvalue weighted by molar-refractivity contribution is -0.0794. The molecule has 1 N–H and O–H groups in total. The van der Waals surface area contributed by atoms with E-state index in [1.54, 1.807) is 23.1 Å². The molecule has 2 aliphatic heterocycles. The van der Waals surface area contributed by atoms with Gasteiger partial charge in [0.1, 0.15) is 23.9 Å². The molecule has 2 atom stereocenters. The highest BCUT2D eigenvalue weighted by Crippen LogP contribution is 2.35. The van der Waals surface area contributed by atoms with Crippen molar-refractivity contribution in [1.29, 1.82) is 0 Å². The maximum atomic E-state index is 15.3. The Balaban J connectivity index is 1.31. The molecule has 0 spiro atoms. The van der Waals surface area contributed by atoms with Crippen molar-refractivity contribution >= 4 is 22.5 Å². The standard InChI is InChI=1S/C23H25F3N8O2/c1-35-22-21-20(13-2-3-18-19(8-13)33(7-5-24)31-29-18)16(26)10-34(21)30-23(28-22)27-17-4-6-32(9-15(17)25)14-11-36-12-14/h2-3,8,10,14-15,17H,4-7,9,11-12H2,1H3,(H,27,30)/t15-,17+/m1/s1/i14D. The topological polar surface area (TPSA) is 94.6 Å². The summed E-state index contributed by atoms with van der Waals surface area (Å²) in [5.41, 5.74) is 2.12. The third kappa shape index (κ3) is 3.91. The number of nitrogens with one attached hydrogen (secondary N) is 1. The van der Waals surface area contributed by atoms with E-state index in [-0.39, 0.29) is 43.7 Å². The first kappa shape index (κ1) is 21.8. The summed E-state index contributed by atoms with van der Waals surface area (Å²) in [5, 5.41) is 15.4. The first-order chi connectivity index (χ1) is 17.9. The Kier molecular flexibility index (Phi) is 5.58. The summed E-state index contributed by atoms with van der Waals surface area (Å²) >= 11 is 0. The number of piperidine rings is 1. The van der Waals surface area contributed by atoms with Gasteiger partial charge in [-0.05, 0) is 24.1 Å². The number of ether oxygens (including phenoxy) is 2. The number of hydrogen-bond acceptors (Lipinski definition) is 8. The molecule has 0 radical (unpaired) electrons. The quantitative estimate of drug-likeness (QED) is 0.411. The van der Waals surface area contributed by atoms with Gasteiger partial charge in [0.2, 0.25) is 11.8 Å². The highest BCUT2D eigenvalue weighted by molar-refractivity contribution is 5.89.